The quantitative estimate of drug-likeness (QED) is 0.852. The molecule has 0 spiro atoms. The second-order valence-corrected chi connectivity index (χ2v) is 4.56. The predicted molar refractivity (Wildman–Crippen MR) is 64.4 cm³/mol. The van der Waals surface area contributed by atoms with Gasteiger partial charge in [0.25, 0.3) is 0 Å². The summed E-state index contributed by atoms with van der Waals surface area (Å²) < 4.78 is 10.5. The molecule has 0 saturated heterocycles. The Labute approximate surface area is 97.0 Å². The maximum atomic E-state index is 9.39. The van der Waals surface area contributed by atoms with Gasteiger partial charge in [-0.15, -0.1) is 0 Å². The van der Waals surface area contributed by atoms with Gasteiger partial charge in [-0.25, -0.2) is 0 Å². The Morgan fingerprint density at radius 1 is 1.12 bits per heavy atom. The third-order valence-electron chi connectivity index (χ3n) is 2.85. The van der Waals surface area contributed by atoms with E-state index >= 15 is 0 Å². The number of aliphatic hydroxyl groups excluding tert-OH is 1. The van der Waals surface area contributed by atoms with Crippen molar-refractivity contribution >= 4 is 0 Å². The van der Waals surface area contributed by atoms with Gasteiger partial charge in [-0.05, 0) is 30.2 Å². The molecule has 90 valence electrons. The van der Waals surface area contributed by atoms with Crippen molar-refractivity contribution in [1.82, 2.24) is 0 Å². The van der Waals surface area contributed by atoms with Crippen molar-refractivity contribution < 1.29 is 14.6 Å². The van der Waals surface area contributed by atoms with E-state index in [1.54, 1.807) is 14.2 Å². The minimum Gasteiger partial charge on any atom is -0.493 e. The fourth-order valence-corrected chi connectivity index (χ4v) is 1.79. The highest BCUT2D eigenvalue weighted by atomic mass is 16.5. The van der Waals surface area contributed by atoms with E-state index in [0.717, 1.165) is 16.9 Å². The van der Waals surface area contributed by atoms with Crippen molar-refractivity contribution in [2.45, 2.75) is 26.2 Å². The van der Waals surface area contributed by atoms with Crippen molar-refractivity contribution in [3.8, 4) is 11.5 Å². The van der Waals surface area contributed by atoms with E-state index in [0.29, 0.717) is 5.75 Å². The van der Waals surface area contributed by atoms with Crippen molar-refractivity contribution in [1.29, 1.82) is 0 Å². The highest BCUT2D eigenvalue weighted by Crippen LogP contribution is 2.35. The second kappa shape index (κ2) is 4.74. The fourth-order valence-electron chi connectivity index (χ4n) is 1.79. The Morgan fingerprint density at radius 3 is 2.06 bits per heavy atom. The largest absolute Gasteiger partial charge is 0.493 e. The first-order chi connectivity index (χ1) is 7.46. The van der Waals surface area contributed by atoms with Gasteiger partial charge in [-0.2, -0.15) is 0 Å². The predicted octanol–water partition coefficient (Wildman–Crippen LogP) is 2.28. The molecule has 1 aromatic carbocycles. The molecule has 0 saturated carbocycles. The van der Waals surface area contributed by atoms with Gasteiger partial charge in [0, 0.05) is 5.41 Å². The molecule has 3 nitrogen and oxygen atoms in total. The topological polar surface area (TPSA) is 38.7 Å². The van der Waals surface area contributed by atoms with Crippen LogP contribution in [0.1, 0.15) is 25.0 Å². The van der Waals surface area contributed by atoms with Crippen LogP contribution in [0.15, 0.2) is 12.1 Å². The molecule has 0 aromatic heterocycles. The summed E-state index contributed by atoms with van der Waals surface area (Å²) >= 11 is 0. The zero-order valence-electron chi connectivity index (χ0n) is 10.6. The summed E-state index contributed by atoms with van der Waals surface area (Å²) in [6.45, 7) is 6.11. The average Bonchev–Trinajstić information content (AvgIpc) is 2.28. The van der Waals surface area contributed by atoms with Crippen molar-refractivity contribution in [3.05, 3.63) is 23.3 Å². The summed E-state index contributed by atoms with van der Waals surface area (Å²) in [5, 5.41) is 9.39. The summed E-state index contributed by atoms with van der Waals surface area (Å²) in [5.74, 6) is 1.42. The number of aryl methyl sites for hydroxylation is 1. The molecule has 0 heterocycles. The maximum Gasteiger partial charge on any atom is 0.161 e. The number of aliphatic hydroxyl groups is 1. The van der Waals surface area contributed by atoms with Crippen molar-refractivity contribution in [2.24, 2.45) is 0 Å². The van der Waals surface area contributed by atoms with Gasteiger partial charge < -0.3 is 14.6 Å². The van der Waals surface area contributed by atoms with Gasteiger partial charge in [0.15, 0.2) is 11.5 Å². The molecule has 0 amide bonds. The fraction of sp³-hybridized carbons (Fsp3) is 0.538. The number of benzene rings is 1. The summed E-state index contributed by atoms with van der Waals surface area (Å²) in [5.41, 5.74) is 1.90. The molecule has 0 radical (unpaired) electrons. The highest BCUT2D eigenvalue weighted by Gasteiger charge is 2.23. The molecule has 0 aliphatic rings. The van der Waals surface area contributed by atoms with Gasteiger partial charge in [0.1, 0.15) is 0 Å². The molecule has 3 heteroatoms. The summed E-state index contributed by atoms with van der Waals surface area (Å²) in [6.07, 6.45) is 0. The van der Waals surface area contributed by atoms with Gasteiger partial charge in [0.05, 0.1) is 20.8 Å². The van der Waals surface area contributed by atoms with E-state index < -0.39 is 0 Å². The van der Waals surface area contributed by atoms with Gasteiger partial charge >= 0.3 is 0 Å². The number of hydrogen-bond acceptors (Lipinski definition) is 3. The van der Waals surface area contributed by atoms with Gasteiger partial charge in [0.2, 0.25) is 0 Å². The summed E-state index contributed by atoms with van der Waals surface area (Å²) in [6, 6.07) is 3.87. The van der Waals surface area contributed by atoms with Gasteiger partial charge in [-0.3, -0.25) is 0 Å². The van der Waals surface area contributed by atoms with Crippen molar-refractivity contribution in [3.63, 3.8) is 0 Å². The van der Waals surface area contributed by atoms with Crippen LogP contribution in [-0.2, 0) is 5.41 Å². The smallest absolute Gasteiger partial charge is 0.161 e. The van der Waals surface area contributed by atoms with Crippen LogP contribution in [0.25, 0.3) is 0 Å². The minimum atomic E-state index is -0.274. The van der Waals surface area contributed by atoms with E-state index in [9.17, 15) is 5.11 Å². The lowest BCUT2D eigenvalue weighted by Gasteiger charge is -2.25. The molecule has 16 heavy (non-hydrogen) atoms. The molecule has 0 aliphatic heterocycles. The molecule has 1 N–H and O–H groups in total. The Hall–Kier alpha value is -1.22. The van der Waals surface area contributed by atoms with Crippen LogP contribution in [0, 0.1) is 6.92 Å². The second-order valence-electron chi connectivity index (χ2n) is 4.56. The van der Waals surface area contributed by atoms with Crippen molar-refractivity contribution in [2.75, 3.05) is 20.8 Å². The van der Waals surface area contributed by atoms with E-state index in [2.05, 4.69) is 0 Å². The molecule has 1 rings (SSSR count). The number of rotatable bonds is 4. The average molecular weight is 224 g/mol. The van der Waals surface area contributed by atoms with E-state index in [-0.39, 0.29) is 12.0 Å². The zero-order valence-corrected chi connectivity index (χ0v) is 10.6. The molecule has 1 aromatic rings. The van der Waals surface area contributed by atoms with E-state index in [1.165, 1.54) is 0 Å². The van der Waals surface area contributed by atoms with E-state index in [1.807, 2.05) is 32.9 Å². The molecule has 0 unspecified atom stereocenters. The Morgan fingerprint density at radius 2 is 1.62 bits per heavy atom. The van der Waals surface area contributed by atoms with Gasteiger partial charge in [-0.1, -0.05) is 13.8 Å². The normalized spacial score (nSPS) is 11.4. The number of hydrogen-bond donors (Lipinski definition) is 1. The molecule has 0 aliphatic carbocycles. The molecular weight excluding hydrogens is 204 g/mol. The lowest BCUT2D eigenvalue weighted by Crippen LogP contribution is -2.23. The van der Waals surface area contributed by atoms with Crippen LogP contribution in [0.4, 0.5) is 0 Å². The first kappa shape index (κ1) is 12.8. The lowest BCUT2D eigenvalue weighted by molar-refractivity contribution is 0.217. The first-order valence-electron chi connectivity index (χ1n) is 5.30. The van der Waals surface area contributed by atoms with Crippen LogP contribution in [0.5, 0.6) is 11.5 Å². The monoisotopic (exact) mass is 224 g/mol. The molecular formula is C13H20O3. The first-order valence-corrected chi connectivity index (χ1v) is 5.30. The Balaban J connectivity index is 3.32. The maximum absolute atomic E-state index is 9.39. The third-order valence-corrected chi connectivity index (χ3v) is 2.85. The number of ether oxygens (including phenoxy) is 2. The standard InChI is InChI=1S/C13H20O3/c1-9-6-11(15-4)12(16-5)7-10(9)13(2,3)8-14/h6-7,14H,8H2,1-5H3. The Kier molecular flexibility index (Phi) is 3.81. The van der Waals surface area contributed by atoms with Crippen LogP contribution in [0.2, 0.25) is 0 Å². The highest BCUT2D eigenvalue weighted by molar-refractivity contribution is 5.49. The lowest BCUT2D eigenvalue weighted by atomic mass is 9.82. The third kappa shape index (κ3) is 2.30. The summed E-state index contributed by atoms with van der Waals surface area (Å²) in [4.78, 5) is 0. The summed E-state index contributed by atoms with van der Waals surface area (Å²) in [7, 11) is 3.23. The molecule has 0 fully saturated rings. The zero-order chi connectivity index (χ0) is 12.3. The molecule has 0 bridgehead atoms. The van der Waals surface area contributed by atoms with E-state index in [4.69, 9.17) is 9.47 Å². The number of methoxy groups -OCH3 is 2. The molecule has 0 atom stereocenters. The Bertz CT molecular complexity index is 370. The SMILES string of the molecule is COc1cc(C)c(C(C)(C)CO)cc1OC. The van der Waals surface area contributed by atoms with Crippen LogP contribution >= 0.6 is 0 Å². The van der Waals surface area contributed by atoms with Crippen LogP contribution in [0.3, 0.4) is 0 Å². The van der Waals surface area contributed by atoms with Crippen LogP contribution < -0.4 is 9.47 Å². The van der Waals surface area contributed by atoms with Crippen LogP contribution in [-0.4, -0.2) is 25.9 Å². The minimum absolute atomic E-state index is 0.101.